The van der Waals surface area contributed by atoms with Crippen molar-refractivity contribution in [3.63, 3.8) is 0 Å². The van der Waals surface area contributed by atoms with E-state index in [1.54, 1.807) is 50.2 Å². The molecule has 224 valence electrons. The van der Waals surface area contributed by atoms with E-state index in [0.29, 0.717) is 0 Å². The second kappa shape index (κ2) is 14.1. The van der Waals surface area contributed by atoms with Gasteiger partial charge in [-0.05, 0) is 61.9 Å². The first kappa shape index (κ1) is 31.4. The highest BCUT2D eigenvalue weighted by Crippen LogP contribution is 2.25. The number of rotatable bonds is 12. The molecule has 4 aromatic rings. The molecule has 0 bridgehead atoms. The van der Waals surface area contributed by atoms with E-state index in [2.05, 4.69) is 5.32 Å². The van der Waals surface area contributed by atoms with E-state index in [-0.39, 0.29) is 35.2 Å². The van der Waals surface area contributed by atoms with Crippen molar-refractivity contribution < 1.29 is 26.8 Å². The smallest absolute Gasteiger partial charge is 0.264 e. The molecular formula is C33H33F2N3O4S. The van der Waals surface area contributed by atoms with Crippen LogP contribution in [0.3, 0.4) is 0 Å². The summed E-state index contributed by atoms with van der Waals surface area (Å²) >= 11 is 0. The number of hydrogen-bond acceptors (Lipinski definition) is 4. The molecule has 2 amide bonds. The Morgan fingerprint density at radius 1 is 0.791 bits per heavy atom. The second-order valence-corrected chi connectivity index (χ2v) is 12.1. The average molecular weight is 606 g/mol. The Labute approximate surface area is 250 Å². The Bertz CT molecular complexity index is 1630. The number of nitrogens with one attached hydrogen (secondary N) is 1. The van der Waals surface area contributed by atoms with Crippen LogP contribution in [0.5, 0.6) is 0 Å². The first-order valence-electron chi connectivity index (χ1n) is 13.8. The minimum Gasteiger partial charge on any atom is -0.352 e. The van der Waals surface area contributed by atoms with Gasteiger partial charge in [-0.3, -0.25) is 13.9 Å². The molecule has 0 aliphatic heterocycles. The van der Waals surface area contributed by atoms with Gasteiger partial charge in [0.15, 0.2) is 0 Å². The topological polar surface area (TPSA) is 86.8 Å². The van der Waals surface area contributed by atoms with Crippen molar-refractivity contribution in [2.75, 3.05) is 10.8 Å². The quantitative estimate of drug-likeness (QED) is 0.237. The predicted molar refractivity (Wildman–Crippen MR) is 162 cm³/mol. The maximum Gasteiger partial charge on any atom is 0.264 e. The number of halogens is 2. The van der Waals surface area contributed by atoms with E-state index in [1.165, 1.54) is 47.4 Å². The summed E-state index contributed by atoms with van der Waals surface area (Å²) < 4.78 is 57.3. The molecular weight excluding hydrogens is 572 g/mol. The Morgan fingerprint density at radius 2 is 1.37 bits per heavy atom. The normalized spacial score (nSPS) is 12.0. The zero-order chi connectivity index (χ0) is 31.0. The molecule has 0 saturated carbocycles. The molecule has 1 atom stereocenters. The van der Waals surface area contributed by atoms with Gasteiger partial charge >= 0.3 is 0 Å². The minimum atomic E-state index is -4.31. The SMILES string of the molecule is CC(C)NC(=O)C(Cc1ccccc1)N(Cc1ccccc1F)C(=O)CN(c1ccc(F)cc1)S(=O)(=O)c1ccccc1. The zero-order valence-corrected chi connectivity index (χ0v) is 24.7. The fourth-order valence-electron chi connectivity index (χ4n) is 4.60. The molecule has 1 unspecified atom stereocenters. The molecule has 0 radical (unpaired) electrons. The summed E-state index contributed by atoms with van der Waals surface area (Å²) in [5.74, 6) is -2.37. The van der Waals surface area contributed by atoms with E-state index >= 15 is 0 Å². The van der Waals surface area contributed by atoms with Crippen molar-refractivity contribution in [3.8, 4) is 0 Å². The van der Waals surface area contributed by atoms with E-state index in [0.717, 1.165) is 22.0 Å². The first-order chi connectivity index (χ1) is 20.6. The fourth-order valence-corrected chi connectivity index (χ4v) is 6.04. The highest BCUT2D eigenvalue weighted by atomic mass is 32.2. The average Bonchev–Trinajstić information content (AvgIpc) is 2.99. The summed E-state index contributed by atoms with van der Waals surface area (Å²) in [5.41, 5.74) is 0.964. The summed E-state index contributed by atoms with van der Waals surface area (Å²) in [5, 5.41) is 2.85. The largest absolute Gasteiger partial charge is 0.352 e. The van der Waals surface area contributed by atoms with Gasteiger partial charge in [0, 0.05) is 24.6 Å². The molecule has 0 aliphatic carbocycles. The minimum absolute atomic E-state index is 0.0516. The number of nitrogens with zero attached hydrogens (tertiary/aromatic N) is 2. The van der Waals surface area contributed by atoms with Crippen LogP contribution in [0.25, 0.3) is 0 Å². The molecule has 4 aromatic carbocycles. The molecule has 0 heterocycles. The van der Waals surface area contributed by atoms with Gasteiger partial charge in [-0.15, -0.1) is 0 Å². The second-order valence-electron chi connectivity index (χ2n) is 10.3. The lowest BCUT2D eigenvalue weighted by Crippen LogP contribution is -2.54. The summed E-state index contributed by atoms with van der Waals surface area (Å²) in [4.78, 5) is 29.0. The standard InChI is InChI=1S/C33H33F2N3O4S/c1-24(2)36-33(40)31(21-25-11-5-3-6-12-25)37(22-26-13-9-10-16-30(26)35)32(39)23-38(28-19-17-27(34)18-20-28)43(41,42)29-14-7-4-8-15-29/h3-20,24,31H,21-23H2,1-2H3,(H,36,40). The van der Waals surface area contributed by atoms with E-state index < -0.39 is 46.1 Å². The van der Waals surface area contributed by atoms with Crippen molar-refractivity contribution in [1.82, 2.24) is 10.2 Å². The maximum absolute atomic E-state index is 14.9. The number of benzene rings is 4. The molecule has 0 aromatic heterocycles. The molecule has 43 heavy (non-hydrogen) atoms. The van der Waals surface area contributed by atoms with Crippen LogP contribution in [0.4, 0.5) is 14.5 Å². The van der Waals surface area contributed by atoms with Gasteiger partial charge in [-0.25, -0.2) is 17.2 Å². The van der Waals surface area contributed by atoms with E-state index in [4.69, 9.17) is 0 Å². The molecule has 10 heteroatoms. The number of sulfonamides is 1. The van der Waals surface area contributed by atoms with Gasteiger partial charge in [0.2, 0.25) is 11.8 Å². The van der Waals surface area contributed by atoms with Crippen LogP contribution in [0.15, 0.2) is 114 Å². The molecule has 0 aliphatic rings. The molecule has 0 spiro atoms. The number of carbonyl (C=O) groups excluding carboxylic acids is 2. The Balaban J connectivity index is 1.80. The lowest BCUT2D eigenvalue weighted by Gasteiger charge is -2.34. The van der Waals surface area contributed by atoms with Gasteiger partial charge in [-0.2, -0.15) is 0 Å². The van der Waals surface area contributed by atoms with Gasteiger partial charge in [0.25, 0.3) is 10.0 Å². The summed E-state index contributed by atoms with van der Waals surface area (Å²) in [6.07, 6.45) is 0.0988. The lowest BCUT2D eigenvalue weighted by molar-refractivity contribution is -0.140. The number of hydrogen-bond donors (Lipinski definition) is 1. The van der Waals surface area contributed by atoms with Crippen molar-refractivity contribution in [1.29, 1.82) is 0 Å². The fraction of sp³-hybridized carbons (Fsp3) is 0.212. The van der Waals surface area contributed by atoms with Crippen LogP contribution in [-0.4, -0.2) is 43.8 Å². The van der Waals surface area contributed by atoms with E-state index in [1.807, 2.05) is 18.2 Å². The molecule has 0 fully saturated rings. The van der Waals surface area contributed by atoms with Gasteiger partial charge in [0.05, 0.1) is 10.6 Å². The number of anilines is 1. The van der Waals surface area contributed by atoms with Crippen molar-refractivity contribution >= 4 is 27.5 Å². The van der Waals surface area contributed by atoms with Crippen LogP contribution in [0.1, 0.15) is 25.0 Å². The monoisotopic (exact) mass is 605 g/mol. The number of amides is 2. The maximum atomic E-state index is 14.9. The number of carbonyl (C=O) groups is 2. The third kappa shape index (κ3) is 8.04. The summed E-state index contributed by atoms with van der Waals surface area (Å²) in [7, 11) is -4.31. The third-order valence-electron chi connectivity index (χ3n) is 6.73. The van der Waals surface area contributed by atoms with E-state index in [9.17, 15) is 26.8 Å². The summed E-state index contributed by atoms with van der Waals surface area (Å²) in [6.45, 7) is 2.54. The zero-order valence-electron chi connectivity index (χ0n) is 23.9. The first-order valence-corrected chi connectivity index (χ1v) is 15.2. The van der Waals surface area contributed by atoms with Gasteiger partial charge in [-0.1, -0.05) is 66.7 Å². The third-order valence-corrected chi connectivity index (χ3v) is 8.51. The van der Waals surface area contributed by atoms with Crippen LogP contribution < -0.4 is 9.62 Å². The van der Waals surface area contributed by atoms with Crippen LogP contribution in [0.2, 0.25) is 0 Å². The lowest BCUT2D eigenvalue weighted by atomic mass is 10.0. The predicted octanol–water partition coefficient (Wildman–Crippen LogP) is 5.32. The summed E-state index contributed by atoms with van der Waals surface area (Å²) in [6, 6.07) is 25.8. The van der Waals surface area contributed by atoms with Crippen LogP contribution in [0, 0.1) is 11.6 Å². The Hall–Kier alpha value is -4.57. The van der Waals surface area contributed by atoms with Gasteiger partial charge in [0.1, 0.15) is 24.2 Å². The van der Waals surface area contributed by atoms with Crippen molar-refractivity contribution in [2.24, 2.45) is 0 Å². The van der Waals surface area contributed by atoms with Crippen molar-refractivity contribution in [2.45, 2.75) is 43.8 Å². The highest BCUT2D eigenvalue weighted by molar-refractivity contribution is 7.92. The van der Waals surface area contributed by atoms with Crippen molar-refractivity contribution in [3.05, 3.63) is 132 Å². The Kier molecular flexibility index (Phi) is 10.3. The Morgan fingerprint density at radius 3 is 1.98 bits per heavy atom. The van der Waals surface area contributed by atoms with Crippen LogP contribution >= 0.6 is 0 Å². The molecule has 0 saturated heterocycles. The molecule has 7 nitrogen and oxygen atoms in total. The molecule has 4 rings (SSSR count). The molecule has 1 N–H and O–H groups in total. The van der Waals surface area contributed by atoms with Gasteiger partial charge < -0.3 is 10.2 Å². The van der Waals surface area contributed by atoms with Crippen LogP contribution in [-0.2, 0) is 32.6 Å². The highest BCUT2D eigenvalue weighted by Gasteiger charge is 2.35.